The number of nitrogens with zero attached hydrogens (tertiary/aromatic N) is 4. The Morgan fingerprint density at radius 1 is 1.24 bits per heavy atom. The van der Waals surface area contributed by atoms with Crippen molar-refractivity contribution in [2.24, 2.45) is 0 Å². The zero-order chi connectivity index (χ0) is 11.7. The van der Waals surface area contributed by atoms with Crippen LogP contribution in [-0.4, -0.2) is 65.3 Å². The van der Waals surface area contributed by atoms with Crippen molar-refractivity contribution in [2.75, 3.05) is 39.3 Å². The summed E-state index contributed by atoms with van der Waals surface area (Å²) in [6, 6.07) is 0.766. The maximum atomic E-state index is 5.41. The van der Waals surface area contributed by atoms with Gasteiger partial charge >= 0.3 is 0 Å². The number of rotatable bonds is 3. The molecule has 0 radical (unpaired) electrons. The highest BCUT2D eigenvalue weighted by Crippen LogP contribution is 2.11. The second kappa shape index (κ2) is 4.72. The monoisotopic (exact) mass is 237 g/mol. The Balaban J connectivity index is 1.47. The summed E-state index contributed by atoms with van der Waals surface area (Å²) in [7, 11) is 0. The Labute approximate surface area is 101 Å². The molecule has 1 aromatic heterocycles. The van der Waals surface area contributed by atoms with Gasteiger partial charge in [0, 0.05) is 52.2 Å². The number of aryl methyl sites for hydroxylation is 1. The standard InChI is InChI=1S/C11H19N5O/c1-9-13-14-11(17-9)8-15-2-4-16(5-3-15)10-6-12-7-10/h10,12H,2-8H2,1H3. The normalized spacial score (nSPS) is 23.8. The summed E-state index contributed by atoms with van der Waals surface area (Å²) in [6.45, 7) is 9.43. The lowest BCUT2D eigenvalue weighted by Crippen LogP contribution is -2.61. The van der Waals surface area contributed by atoms with Crippen molar-refractivity contribution in [2.45, 2.75) is 19.5 Å². The van der Waals surface area contributed by atoms with E-state index in [1.54, 1.807) is 0 Å². The molecule has 6 heteroatoms. The van der Waals surface area contributed by atoms with Crippen LogP contribution in [0.1, 0.15) is 11.8 Å². The maximum Gasteiger partial charge on any atom is 0.230 e. The molecule has 2 saturated heterocycles. The van der Waals surface area contributed by atoms with Crippen molar-refractivity contribution in [1.29, 1.82) is 0 Å². The molecular formula is C11H19N5O. The number of nitrogens with one attached hydrogen (secondary N) is 1. The quantitative estimate of drug-likeness (QED) is 0.762. The SMILES string of the molecule is Cc1nnc(CN2CCN(C3CNC3)CC2)o1. The zero-order valence-corrected chi connectivity index (χ0v) is 10.2. The lowest BCUT2D eigenvalue weighted by molar-refractivity contribution is 0.0655. The van der Waals surface area contributed by atoms with Gasteiger partial charge in [-0.25, -0.2) is 0 Å². The third-order valence-electron chi connectivity index (χ3n) is 3.61. The molecule has 0 aromatic carbocycles. The molecule has 0 atom stereocenters. The van der Waals surface area contributed by atoms with Crippen LogP contribution >= 0.6 is 0 Å². The fraction of sp³-hybridized carbons (Fsp3) is 0.818. The minimum absolute atomic E-state index is 0.652. The molecule has 2 aliphatic heterocycles. The van der Waals surface area contributed by atoms with Crippen LogP contribution in [0, 0.1) is 6.92 Å². The summed E-state index contributed by atoms with van der Waals surface area (Å²) in [4.78, 5) is 4.96. The number of piperazine rings is 1. The highest BCUT2D eigenvalue weighted by Gasteiger charge is 2.27. The molecule has 0 unspecified atom stereocenters. The number of hydrogen-bond donors (Lipinski definition) is 1. The van der Waals surface area contributed by atoms with Crippen LogP contribution in [0.3, 0.4) is 0 Å². The van der Waals surface area contributed by atoms with Crippen molar-refractivity contribution in [3.63, 3.8) is 0 Å². The molecule has 2 aliphatic rings. The van der Waals surface area contributed by atoms with Gasteiger partial charge in [-0.1, -0.05) is 0 Å². The van der Waals surface area contributed by atoms with Crippen LogP contribution in [0.2, 0.25) is 0 Å². The summed E-state index contributed by atoms with van der Waals surface area (Å²) in [5, 5.41) is 11.2. The van der Waals surface area contributed by atoms with Gasteiger partial charge in [0.15, 0.2) is 0 Å². The molecule has 0 saturated carbocycles. The van der Waals surface area contributed by atoms with Crippen molar-refractivity contribution in [3.8, 4) is 0 Å². The minimum Gasteiger partial charge on any atom is -0.424 e. The van der Waals surface area contributed by atoms with Gasteiger partial charge in [-0.05, 0) is 0 Å². The van der Waals surface area contributed by atoms with Crippen LogP contribution in [0.15, 0.2) is 4.42 Å². The third-order valence-corrected chi connectivity index (χ3v) is 3.61. The molecule has 2 fully saturated rings. The molecule has 94 valence electrons. The van der Waals surface area contributed by atoms with Crippen molar-refractivity contribution < 1.29 is 4.42 Å². The average molecular weight is 237 g/mol. The van der Waals surface area contributed by atoms with Crippen LogP contribution in [-0.2, 0) is 6.54 Å². The summed E-state index contributed by atoms with van der Waals surface area (Å²) in [5.41, 5.74) is 0. The minimum atomic E-state index is 0.652. The lowest BCUT2D eigenvalue weighted by Gasteiger charge is -2.43. The summed E-state index contributed by atoms with van der Waals surface area (Å²) >= 11 is 0. The highest BCUT2D eigenvalue weighted by atomic mass is 16.4. The molecule has 17 heavy (non-hydrogen) atoms. The fourth-order valence-corrected chi connectivity index (χ4v) is 2.41. The van der Waals surface area contributed by atoms with Gasteiger partial charge in [0.1, 0.15) is 0 Å². The van der Waals surface area contributed by atoms with Gasteiger partial charge in [-0.15, -0.1) is 10.2 Å². The van der Waals surface area contributed by atoms with Crippen molar-refractivity contribution in [1.82, 2.24) is 25.3 Å². The van der Waals surface area contributed by atoms with E-state index in [-0.39, 0.29) is 0 Å². The predicted molar refractivity (Wildman–Crippen MR) is 62.5 cm³/mol. The van der Waals surface area contributed by atoms with E-state index >= 15 is 0 Å². The first-order valence-corrected chi connectivity index (χ1v) is 6.27. The van der Waals surface area contributed by atoms with Crippen molar-refractivity contribution >= 4 is 0 Å². The predicted octanol–water partition coefficient (Wildman–Crippen LogP) is -0.533. The average Bonchev–Trinajstić information content (AvgIpc) is 2.64. The van der Waals surface area contributed by atoms with Crippen LogP contribution in [0.25, 0.3) is 0 Å². The summed E-state index contributed by atoms with van der Waals surface area (Å²) in [5.74, 6) is 1.39. The Kier molecular flexibility index (Phi) is 3.09. The summed E-state index contributed by atoms with van der Waals surface area (Å²) < 4.78 is 5.41. The molecule has 0 bridgehead atoms. The van der Waals surface area contributed by atoms with Gasteiger partial charge in [0.25, 0.3) is 0 Å². The molecule has 0 aliphatic carbocycles. The van der Waals surface area contributed by atoms with E-state index in [2.05, 4.69) is 25.3 Å². The van der Waals surface area contributed by atoms with Gasteiger partial charge in [0.2, 0.25) is 11.8 Å². The largest absolute Gasteiger partial charge is 0.424 e. The van der Waals surface area contributed by atoms with E-state index in [0.29, 0.717) is 5.89 Å². The van der Waals surface area contributed by atoms with E-state index in [1.807, 2.05) is 6.92 Å². The molecule has 0 spiro atoms. The first-order valence-electron chi connectivity index (χ1n) is 6.27. The van der Waals surface area contributed by atoms with E-state index in [1.165, 1.54) is 0 Å². The Morgan fingerprint density at radius 3 is 2.53 bits per heavy atom. The Bertz CT molecular complexity index is 368. The van der Waals surface area contributed by atoms with E-state index in [9.17, 15) is 0 Å². The van der Waals surface area contributed by atoms with Crippen molar-refractivity contribution in [3.05, 3.63) is 11.8 Å². The third kappa shape index (κ3) is 2.48. The first kappa shape index (κ1) is 11.1. The maximum absolute atomic E-state index is 5.41. The molecular weight excluding hydrogens is 218 g/mol. The highest BCUT2D eigenvalue weighted by molar-refractivity contribution is 4.88. The number of hydrogen-bond acceptors (Lipinski definition) is 6. The van der Waals surface area contributed by atoms with E-state index in [0.717, 1.165) is 57.7 Å². The fourth-order valence-electron chi connectivity index (χ4n) is 2.41. The summed E-state index contributed by atoms with van der Waals surface area (Å²) in [6.07, 6.45) is 0. The van der Waals surface area contributed by atoms with Gasteiger partial charge in [-0.2, -0.15) is 0 Å². The topological polar surface area (TPSA) is 57.4 Å². The molecule has 0 amide bonds. The Morgan fingerprint density at radius 2 is 2.00 bits per heavy atom. The second-order valence-electron chi connectivity index (χ2n) is 4.84. The van der Waals surface area contributed by atoms with Gasteiger partial charge in [-0.3, -0.25) is 9.80 Å². The number of aromatic nitrogens is 2. The van der Waals surface area contributed by atoms with Crippen LogP contribution < -0.4 is 5.32 Å². The van der Waals surface area contributed by atoms with Gasteiger partial charge in [0.05, 0.1) is 6.54 Å². The lowest BCUT2D eigenvalue weighted by atomic mass is 10.1. The molecule has 6 nitrogen and oxygen atoms in total. The van der Waals surface area contributed by atoms with Crippen LogP contribution in [0.4, 0.5) is 0 Å². The molecule has 3 rings (SSSR count). The van der Waals surface area contributed by atoms with E-state index in [4.69, 9.17) is 4.42 Å². The Hall–Kier alpha value is -0.980. The second-order valence-corrected chi connectivity index (χ2v) is 4.84. The van der Waals surface area contributed by atoms with Crippen LogP contribution in [0.5, 0.6) is 0 Å². The smallest absolute Gasteiger partial charge is 0.230 e. The molecule has 3 heterocycles. The first-order chi connectivity index (χ1) is 8.31. The zero-order valence-electron chi connectivity index (χ0n) is 10.2. The molecule has 1 N–H and O–H groups in total. The molecule has 1 aromatic rings. The van der Waals surface area contributed by atoms with E-state index < -0.39 is 0 Å². The van der Waals surface area contributed by atoms with Gasteiger partial charge < -0.3 is 9.73 Å².